The van der Waals surface area contributed by atoms with Crippen LogP contribution in [0.1, 0.15) is 12.0 Å². The van der Waals surface area contributed by atoms with Crippen LogP contribution in [0.4, 0.5) is 11.4 Å². The number of aromatic nitrogens is 1. The summed E-state index contributed by atoms with van der Waals surface area (Å²) in [7, 11) is -4.43. The number of anilines is 2. The van der Waals surface area contributed by atoms with Crippen molar-refractivity contribution in [1.29, 1.82) is 0 Å². The van der Waals surface area contributed by atoms with Crippen molar-refractivity contribution >= 4 is 68.0 Å². The van der Waals surface area contributed by atoms with E-state index in [9.17, 15) is 18.0 Å². The predicted molar refractivity (Wildman–Crippen MR) is 136 cm³/mol. The van der Waals surface area contributed by atoms with Gasteiger partial charge in [-0.25, -0.2) is 8.42 Å². The van der Waals surface area contributed by atoms with Crippen molar-refractivity contribution in [3.05, 3.63) is 81.6 Å². The molecule has 12 heteroatoms. The van der Waals surface area contributed by atoms with Gasteiger partial charge in [-0.15, -0.1) is 0 Å². The summed E-state index contributed by atoms with van der Waals surface area (Å²) >= 11 is 18.3. The molecule has 1 aliphatic heterocycles. The summed E-state index contributed by atoms with van der Waals surface area (Å²) in [6.07, 6.45) is 3.44. The number of benzene rings is 2. The van der Waals surface area contributed by atoms with E-state index < -0.39 is 34.3 Å². The van der Waals surface area contributed by atoms with Crippen molar-refractivity contribution in [3.63, 3.8) is 0 Å². The van der Waals surface area contributed by atoms with Gasteiger partial charge in [0.25, 0.3) is 10.0 Å². The maximum atomic E-state index is 13.8. The van der Waals surface area contributed by atoms with Gasteiger partial charge in [0.2, 0.25) is 11.8 Å². The molecule has 1 aromatic heterocycles. The number of para-hydroxylation sites is 2. The second kappa shape index (κ2) is 10.4. The fourth-order valence-electron chi connectivity index (χ4n) is 3.69. The number of carbonyl (C=O) groups is 2. The van der Waals surface area contributed by atoms with Gasteiger partial charge < -0.3 is 10.6 Å². The number of fused-ring (bicyclic) bond motifs is 1. The third-order valence-corrected chi connectivity index (χ3v) is 8.37. The molecule has 1 atom stereocenters. The number of nitrogens with one attached hydrogen (secondary N) is 2. The molecule has 0 saturated heterocycles. The molecular formula is C23H19Cl3N4O4S. The molecule has 2 aromatic carbocycles. The first kappa shape index (κ1) is 25.2. The number of carbonyl (C=O) groups excluding carboxylic acids is 2. The highest BCUT2D eigenvalue weighted by atomic mass is 35.5. The molecule has 2 amide bonds. The highest BCUT2D eigenvalue weighted by molar-refractivity contribution is 7.93. The number of halogens is 3. The summed E-state index contributed by atoms with van der Waals surface area (Å²) in [5, 5.41) is 5.31. The van der Waals surface area contributed by atoms with Gasteiger partial charge in [-0.1, -0.05) is 46.9 Å². The van der Waals surface area contributed by atoms with Crippen LogP contribution < -0.4 is 14.9 Å². The smallest absolute Gasteiger partial charge is 0.266 e. The van der Waals surface area contributed by atoms with E-state index in [2.05, 4.69) is 15.6 Å². The van der Waals surface area contributed by atoms with Crippen LogP contribution in [0.25, 0.3) is 0 Å². The van der Waals surface area contributed by atoms with Gasteiger partial charge >= 0.3 is 0 Å². The molecule has 2 heterocycles. The number of nitrogens with zero attached hydrogens (tertiary/aromatic N) is 2. The first-order valence-electron chi connectivity index (χ1n) is 10.4. The van der Waals surface area contributed by atoms with Gasteiger partial charge in [0.05, 0.1) is 32.9 Å². The largest absolute Gasteiger partial charge is 0.356 e. The van der Waals surface area contributed by atoms with Gasteiger partial charge in [-0.2, -0.15) is 0 Å². The Morgan fingerprint density at radius 1 is 1.03 bits per heavy atom. The fraction of sp³-hybridized carbons (Fsp3) is 0.174. The van der Waals surface area contributed by atoms with E-state index in [0.717, 1.165) is 15.9 Å². The van der Waals surface area contributed by atoms with E-state index >= 15 is 0 Å². The SMILES string of the molecule is O=C(CC1C(=O)Nc2ccccc2N1S(=O)(=O)c1cc(Cl)c(Cl)cc1Cl)NCCc1ccncc1. The monoisotopic (exact) mass is 552 g/mol. The molecule has 0 saturated carbocycles. The van der Waals surface area contributed by atoms with Crippen molar-refractivity contribution in [3.8, 4) is 0 Å². The summed E-state index contributed by atoms with van der Waals surface area (Å²) in [5.41, 5.74) is 1.46. The minimum absolute atomic E-state index is 0.0187. The molecule has 1 aliphatic rings. The van der Waals surface area contributed by atoms with E-state index in [1.165, 1.54) is 12.1 Å². The molecule has 3 aromatic rings. The number of pyridine rings is 1. The molecule has 182 valence electrons. The Morgan fingerprint density at radius 2 is 1.71 bits per heavy atom. The Bertz CT molecular complexity index is 1390. The maximum Gasteiger partial charge on any atom is 0.266 e. The normalized spacial score (nSPS) is 15.3. The lowest BCUT2D eigenvalue weighted by Gasteiger charge is -2.36. The highest BCUT2D eigenvalue weighted by Gasteiger charge is 2.42. The van der Waals surface area contributed by atoms with Crippen LogP contribution in [-0.2, 0) is 26.0 Å². The third kappa shape index (κ3) is 5.38. The molecule has 8 nitrogen and oxygen atoms in total. The zero-order valence-corrected chi connectivity index (χ0v) is 21.1. The average Bonchev–Trinajstić information content (AvgIpc) is 2.82. The molecule has 35 heavy (non-hydrogen) atoms. The van der Waals surface area contributed by atoms with Crippen molar-refractivity contribution in [2.75, 3.05) is 16.2 Å². The lowest BCUT2D eigenvalue weighted by atomic mass is 10.1. The molecule has 1 unspecified atom stereocenters. The number of sulfonamides is 1. The second-order valence-electron chi connectivity index (χ2n) is 7.68. The van der Waals surface area contributed by atoms with Crippen LogP contribution in [0, 0.1) is 0 Å². The zero-order valence-electron chi connectivity index (χ0n) is 18.0. The van der Waals surface area contributed by atoms with Crippen LogP contribution in [-0.4, -0.2) is 37.8 Å². The van der Waals surface area contributed by atoms with Crippen molar-refractivity contribution in [2.24, 2.45) is 0 Å². The number of hydrogen-bond acceptors (Lipinski definition) is 5. The summed E-state index contributed by atoms with van der Waals surface area (Å²) in [6, 6.07) is 11.0. The zero-order chi connectivity index (χ0) is 25.2. The van der Waals surface area contributed by atoms with Gasteiger partial charge in [-0.3, -0.25) is 18.9 Å². The van der Waals surface area contributed by atoms with Crippen LogP contribution >= 0.6 is 34.8 Å². The molecule has 2 N–H and O–H groups in total. The molecule has 0 bridgehead atoms. The van der Waals surface area contributed by atoms with Crippen LogP contribution in [0.15, 0.2) is 65.8 Å². The quantitative estimate of drug-likeness (QED) is 0.424. The third-order valence-electron chi connectivity index (χ3n) is 5.36. The van der Waals surface area contributed by atoms with Crippen LogP contribution in [0.5, 0.6) is 0 Å². The molecular weight excluding hydrogens is 535 g/mol. The molecule has 0 aliphatic carbocycles. The number of hydrogen-bond donors (Lipinski definition) is 2. The standard InChI is InChI=1S/C23H19Cl3N4O4S/c24-15-11-17(26)21(12-16(15)25)35(33,34)30-19-4-2-1-3-18(19)29-23(32)20(30)13-22(31)28-10-7-14-5-8-27-9-6-14/h1-6,8-9,11-12,20H,7,10,13H2,(H,28,31)(H,29,32). The topological polar surface area (TPSA) is 108 Å². The first-order valence-corrected chi connectivity index (χ1v) is 13.0. The Hall–Kier alpha value is -2.85. The van der Waals surface area contributed by atoms with E-state index in [1.54, 1.807) is 30.6 Å². The van der Waals surface area contributed by atoms with E-state index in [-0.39, 0.29) is 31.3 Å². The predicted octanol–water partition coefficient (Wildman–Crippen LogP) is 4.31. The van der Waals surface area contributed by atoms with E-state index in [4.69, 9.17) is 34.8 Å². The molecule has 4 rings (SSSR count). The minimum atomic E-state index is -4.43. The highest BCUT2D eigenvalue weighted by Crippen LogP contribution is 2.40. The van der Waals surface area contributed by atoms with Gasteiger partial charge in [0.1, 0.15) is 10.9 Å². The summed E-state index contributed by atoms with van der Waals surface area (Å²) in [4.78, 5) is 29.4. The fourth-order valence-corrected chi connectivity index (χ4v) is 6.30. The maximum absolute atomic E-state index is 13.8. The lowest BCUT2D eigenvalue weighted by molar-refractivity contribution is -0.125. The minimum Gasteiger partial charge on any atom is -0.356 e. The van der Waals surface area contributed by atoms with Crippen LogP contribution in [0.3, 0.4) is 0 Å². The molecule has 0 fully saturated rings. The first-order chi connectivity index (χ1) is 16.7. The average molecular weight is 554 g/mol. The van der Waals surface area contributed by atoms with Gasteiger partial charge in [-0.05, 0) is 48.4 Å². The van der Waals surface area contributed by atoms with Crippen LogP contribution in [0.2, 0.25) is 15.1 Å². The molecule has 0 spiro atoms. The van der Waals surface area contributed by atoms with Crippen molar-refractivity contribution < 1.29 is 18.0 Å². The number of rotatable bonds is 7. The van der Waals surface area contributed by atoms with Crippen molar-refractivity contribution in [1.82, 2.24) is 10.3 Å². The van der Waals surface area contributed by atoms with Gasteiger partial charge in [0.15, 0.2) is 0 Å². The Labute approximate surface area is 217 Å². The summed E-state index contributed by atoms with van der Waals surface area (Å²) < 4.78 is 28.5. The second-order valence-corrected chi connectivity index (χ2v) is 10.7. The number of amides is 2. The Morgan fingerprint density at radius 3 is 2.46 bits per heavy atom. The van der Waals surface area contributed by atoms with Crippen molar-refractivity contribution in [2.45, 2.75) is 23.8 Å². The lowest BCUT2D eigenvalue weighted by Crippen LogP contribution is -2.52. The Kier molecular flexibility index (Phi) is 7.51. The molecule has 0 radical (unpaired) electrons. The summed E-state index contributed by atoms with van der Waals surface area (Å²) in [5.74, 6) is -1.13. The Balaban J connectivity index is 1.65. The summed E-state index contributed by atoms with van der Waals surface area (Å²) in [6.45, 7) is 0.305. The van der Waals surface area contributed by atoms with E-state index in [1.807, 2.05) is 12.1 Å². The van der Waals surface area contributed by atoms with E-state index in [0.29, 0.717) is 13.0 Å². The van der Waals surface area contributed by atoms with Gasteiger partial charge in [0, 0.05) is 18.9 Å².